The lowest BCUT2D eigenvalue weighted by molar-refractivity contribution is 0.0750. The van der Waals surface area contributed by atoms with Crippen LogP contribution in [0.1, 0.15) is 44.2 Å². The fourth-order valence-corrected chi connectivity index (χ4v) is 3.01. The van der Waals surface area contributed by atoms with E-state index in [-0.39, 0.29) is 0 Å². The van der Waals surface area contributed by atoms with Crippen LogP contribution in [-0.2, 0) is 0 Å². The van der Waals surface area contributed by atoms with Crippen molar-refractivity contribution in [3.05, 3.63) is 29.3 Å². The van der Waals surface area contributed by atoms with E-state index in [1.54, 1.807) is 0 Å². The molecule has 0 saturated carbocycles. The molecule has 4 heteroatoms. The van der Waals surface area contributed by atoms with Crippen molar-refractivity contribution in [2.75, 3.05) is 5.32 Å². The SMILES string of the molecule is Cc1cccc(NC(=S)NN2[C@@H](C)CCC[C@@H]2C)c1C. The van der Waals surface area contributed by atoms with Crippen LogP contribution < -0.4 is 10.7 Å². The Morgan fingerprint density at radius 2 is 1.85 bits per heavy atom. The number of nitrogens with zero attached hydrogens (tertiary/aromatic N) is 1. The number of thiocarbonyl (C=S) groups is 1. The first kappa shape index (κ1) is 15.3. The van der Waals surface area contributed by atoms with Crippen LogP contribution in [0, 0.1) is 13.8 Å². The summed E-state index contributed by atoms with van der Waals surface area (Å²) < 4.78 is 0. The number of hydrogen-bond acceptors (Lipinski definition) is 2. The van der Waals surface area contributed by atoms with E-state index in [0.29, 0.717) is 17.2 Å². The molecule has 0 spiro atoms. The molecule has 1 saturated heterocycles. The largest absolute Gasteiger partial charge is 0.331 e. The molecule has 1 aliphatic rings. The van der Waals surface area contributed by atoms with Crippen LogP contribution in [0.25, 0.3) is 0 Å². The maximum atomic E-state index is 5.46. The molecule has 2 N–H and O–H groups in total. The summed E-state index contributed by atoms with van der Waals surface area (Å²) in [6.45, 7) is 8.74. The Hall–Kier alpha value is -1.13. The van der Waals surface area contributed by atoms with Gasteiger partial charge in [-0.3, -0.25) is 5.43 Å². The zero-order valence-electron chi connectivity index (χ0n) is 12.9. The van der Waals surface area contributed by atoms with Gasteiger partial charge in [-0.2, -0.15) is 0 Å². The van der Waals surface area contributed by atoms with E-state index in [1.165, 1.54) is 30.4 Å². The molecule has 2 atom stereocenters. The first-order chi connectivity index (χ1) is 9.49. The Morgan fingerprint density at radius 3 is 2.50 bits per heavy atom. The standard InChI is InChI=1S/C16H25N3S/c1-11-7-5-10-15(14(11)4)17-16(20)18-19-12(2)8-6-9-13(19)3/h5,7,10,12-13H,6,8-9H2,1-4H3,(H2,17,18,20)/t12-,13-/m0/s1. The molecule has 1 fully saturated rings. The summed E-state index contributed by atoms with van der Waals surface area (Å²) in [6, 6.07) is 7.29. The second-order valence-electron chi connectivity index (χ2n) is 5.85. The van der Waals surface area contributed by atoms with Crippen molar-refractivity contribution in [2.24, 2.45) is 0 Å². The Kier molecular flexibility index (Phi) is 5.00. The summed E-state index contributed by atoms with van der Waals surface area (Å²) >= 11 is 5.46. The molecule has 3 nitrogen and oxygen atoms in total. The second-order valence-corrected chi connectivity index (χ2v) is 6.26. The monoisotopic (exact) mass is 291 g/mol. The number of aryl methyl sites for hydroxylation is 1. The Bertz CT molecular complexity index is 477. The van der Waals surface area contributed by atoms with Gasteiger partial charge in [-0.1, -0.05) is 18.6 Å². The fourth-order valence-electron chi connectivity index (χ4n) is 2.80. The van der Waals surface area contributed by atoms with E-state index in [0.717, 1.165) is 5.69 Å². The van der Waals surface area contributed by atoms with Gasteiger partial charge in [0, 0.05) is 17.8 Å². The zero-order valence-corrected chi connectivity index (χ0v) is 13.7. The van der Waals surface area contributed by atoms with E-state index in [1.807, 2.05) is 0 Å². The third-order valence-electron chi connectivity index (χ3n) is 4.28. The average molecular weight is 291 g/mol. The molecule has 1 aromatic carbocycles. The van der Waals surface area contributed by atoms with Crippen molar-refractivity contribution >= 4 is 23.0 Å². The molecular weight excluding hydrogens is 266 g/mol. The van der Waals surface area contributed by atoms with Gasteiger partial charge in [0.05, 0.1) is 0 Å². The molecule has 1 aromatic rings. The van der Waals surface area contributed by atoms with Crippen LogP contribution in [0.4, 0.5) is 5.69 Å². The lowest BCUT2D eigenvalue weighted by Gasteiger charge is -2.39. The maximum absolute atomic E-state index is 5.46. The van der Waals surface area contributed by atoms with Crippen molar-refractivity contribution in [3.8, 4) is 0 Å². The molecule has 0 aromatic heterocycles. The van der Waals surface area contributed by atoms with Gasteiger partial charge >= 0.3 is 0 Å². The predicted octanol–water partition coefficient (Wildman–Crippen LogP) is 3.77. The van der Waals surface area contributed by atoms with E-state index in [2.05, 4.69) is 61.6 Å². The molecule has 1 heterocycles. The molecule has 0 unspecified atom stereocenters. The highest BCUT2D eigenvalue weighted by Crippen LogP contribution is 2.21. The Labute approximate surface area is 127 Å². The van der Waals surface area contributed by atoms with Crippen LogP contribution >= 0.6 is 12.2 Å². The van der Waals surface area contributed by atoms with Crippen LogP contribution in [0.15, 0.2) is 18.2 Å². The van der Waals surface area contributed by atoms with Crippen LogP contribution in [-0.4, -0.2) is 22.2 Å². The summed E-state index contributed by atoms with van der Waals surface area (Å²) in [7, 11) is 0. The van der Waals surface area contributed by atoms with Crippen molar-refractivity contribution in [2.45, 2.75) is 59.0 Å². The minimum atomic E-state index is 0.525. The van der Waals surface area contributed by atoms with Gasteiger partial charge in [-0.05, 0) is 69.9 Å². The lowest BCUT2D eigenvalue weighted by Crippen LogP contribution is -2.55. The van der Waals surface area contributed by atoms with Gasteiger partial charge in [0.25, 0.3) is 0 Å². The molecule has 0 aliphatic carbocycles. The fraction of sp³-hybridized carbons (Fsp3) is 0.562. The van der Waals surface area contributed by atoms with Gasteiger partial charge in [0.1, 0.15) is 0 Å². The molecule has 0 amide bonds. The summed E-state index contributed by atoms with van der Waals surface area (Å²) in [5, 5.41) is 6.28. The normalized spacial score (nSPS) is 23.4. The number of piperidine rings is 1. The quantitative estimate of drug-likeness (QED) is 0.811. The maximum Gasteiger partial charge on any atom is 0.185 e. The van der Waals surface area contributed by atoms with Crippen LogP contribution in [0.2, 0.25) is 0 Å². The molecule has 1 aliphatic heterocycles. The van der Waals surface area contributed by atoms with E-state index in [4.69, 9.17) is 12.2 Å². The summed E-state index contributed by atoms with van der Waals surface area (Å²) in [6.07, 6.45) is 3.75. The third kappa shape index (κ3) is 3.49. The van der Waals surface area contributed by atoms with Crippen molar-refractivity contribution in [1.82, 2.24) is 10.4 Å². The first-order valence-corrected chi connectivity index (χ1v) is 7.82. The topological polar surface area (TPSA) is 27.3 Å². The van der Waals surface area contributed by atoms with Crippen molar-refractivity contribution in [3.63, 3.8) is 0 Å². The number of benzene rings is 1. The van der Waals surface area contributed by atoms with Crippen molar-refractivity contribution in [1.29, 1.82) is 0 Å². The summed E-state index contributed by atoms with van der Waals surface area (Å²) in [4.78, 5) is 0. The average Bonchev–Trinajstić information content (AvgIpc) is 2.39. The number of nitrogens with one attached hydrogen (secondary N) is 2. The summed E-state index contributed by atoms with van der Waals surface area (Å²) in [5.41, 5.74) is 6.97. The second kappa shape index (κ2) is 6.55. The third-order valence-corrected chi connectivity index (χ3v) is 4.47. The number of rotatable bonds is 2. The minimum Gasteiger partial charge on any atom is -0.331 e. The van der Waals surface area contributed by atoms with Crippen LogP contribution in [0.3, 0.4) is 0 Å². The van der Waals surface area contributed by atoms with Gasteiger partial charge < -0.3 is 5.32 Å². The molecule has 2 rings (SSSR count). The van der Waals surface area contributed by atoms with Crippen molar-refractivity contribution < 1.29 is 0 Å². The number of hydrogen-bond donors (Lipinski definition) is 2. The Morgan fingerprint density at radius 1 is 1.20 bits per heavy atom. The molecule has 0 radical (unpaired) electrons. The summed E-state index contributed by atoms with van der Waals surface area (Å²) in [5.74, 6) is 0. The minimum absolute atomic E-state index is 0.525. The number of anilines is 1. The molecule has 110 valence electrons. The number of hydrazine groups is 1. The van der Waals surface area contributed by atoms with Gasteiger partial charge in [-0.25, -0.2) is 5.01 Å². The van der Waals surface area contributed by atoms with Gasteiger partial charge in [0.2, 0.25) is 0 Å². The molecular formula is C16H25N3S. The molecule has 0 bridgehead atoms. The van der Waals surface area contributed by atoms with Gasteiger partial charge in [-0.15, -0.1) is 0 Å². The first-order valence-electron chi connectivity index (χ1n) is 7.41. The molecule has 20 heavy (non-hydrogen) atoms. The van der Waals surface area contributed by atoms with E-state index >= 15 is 0 Å². The Balaban J connectivity index is 2.00. The zero-order chi connectivity index (χ0) is 14.7. The van der Waals surface area contributed by atoms with Crippen LogP contribution in [0.5, 0.6) is 0 Å². The highest BCUT2D eigenvalue weighted by atomic mass is 32.1. The highest BCUT2D eigenvalue weighted by molar-refractivity contribution is 7.80. The van der Waals surface area contributed by atoms with Gasteiger partial charge in [0.15, 0.2) is 5.11 Å². The predicted molar refractivity (Wildman–Crippen MR) is 89.9 cm³/mol. The lowest BCUT2D eigenvalue weighted by atomic mass is 10.00. The van der Waals surface area contributed by atoms with E-state index < -0.39 is 0 Å². The highest BCUT2D eigenvalue weighted by Gasteiger charge is 2.25. The smallest absolute Gasteiger partial charge is 0.185 e. The van der Waals surface area contributed by atoms with E-state index in [9.17, 15) is 0 Å².